The molecular formula is C10H13NO2. The maximum absolute atomic E-state index is 5.53. The number of aryl methyl sites for hydroxylation is 1. The van der Waals surface area contributed by atoms with Crippen molar-refractivity contribution in [2.75, 3.05) is 19.8 Å². The molecule has 1 unspecified atom stereocenters. The monoisotopic (exact) mass is 179 g/mol. The van der Waals surface area contributed by atoms with E-state index in [4.69, 9.17) is 9.47 Å². The fourth-order valence-corrected chi connectivity index (χ4v) is 1.40. The van der Waals surface area contributed by atoms with Gasteiger partial charge < -0.3 is 9.47 Å². The molecule has 0 radical (unpaired) electrons. The van der Waals surface area contributed by atoms with Crippen LogP contribution in [0.4, 0.5) is 0 Å². The zero-order valence-corrected chi connectivity index (χ0v) is 7.69. The smallest absolute Gasteiger partial charge is 0.123 e. The van der Waals surface area contributed by atoms with Gasteiger partial charge in [-0.3, -0.25) is 4.98 Å². The normalized spacial score (nSPS) is 23.0. The van der Waals surface area contributed by atoms with Gasteiger partial charge in [0.1, 0.15) is 6.10 Å². The highest BCUT2D eigenvalue weighted by molar-refractivity contribution is 5.12. The van der Waals surface area contributed by atoms with E-state index >= 15 is 0 Å². The predicted octanol–water partition coefficient (Wildman–Crippen LogP) is 1.48. The van der Waals surface area contributed by atoms with Crippen molar-refractivity contribution in [2.24, 2.45) is 0 Å². The quantitative estimate of drug-likeness (QED) is 0.654. The highest BCUT2D eigenvalue weighted by Gasteiger charge is 2.17. The minimum atomic E-state index is 0.0219. The van der Waals surface area contributed by atoms with Crippen LogP contribution in [0.3, 0.4) is 0 Å². The second-order valence-electron chi connectivity index (χ2n) is 3.14. The topological polar surface area (TPSA) is 31.4 Å². The van der Waals surface area contributed by atoms with Crippen molar-refractivity contribution in [3.05, 3.63) is 29.6 Å². The Labute approximate surface area is 77.7 Å². The summed E-state index contributed by atoms with van der Waals surface area (Å²) >= 11 is 0. The van der Waals surface area contributed by atoms with Gasteiger partial charge in [0.2, 0.25) is 0 Å². The van der Waals surface area contributed by atoms with Gasteiger partial charge in [-0.2, -0.15) is 0 Å². The molecule has 3 nitrogen and oxygen atoms in total. The van der Waals surface area contributed by atoms with Crippen molar-refractivity contribution in [1.82, 2.24) is 4.98 Å². The van der Waals surface area contributed by atoms with Crippen molar-refractivity contribution < 1.29 is 9.47 Å². The summed E-state index contributed by atoms with van der Waals surface area (Å²) < 4.78 is 10.8. The first-order valence-electron chi connectivity index (χ1n) is 4.49. The molecule has 0 amide bonds. The van der Waals surface area contributed by atoms with E-state index in [-0.39, 0.29) is 6.10 Å². The summed E-state index contributed by atoms with van der Waals surface area (Å²) in [7, 11) is 0. The summed E-state index contributed by atoms with van der Waals surface area (Å²) in [5, 5.41) is 0. The van der Waals surface area contributed by atoms with Crippen molar-refractivity contribution in [2.45, 2.75) is 13.0 Å². The number of hydrogen-bond acceptors (Lipinski definition) is 3. The standard InChI is InChI=1S/C10H13NO2/c1-8-3-2-4-9(11-8)10-7-12-5-6-13-10/h2-4,10H,5-7H2,1H3. The van der Waals surface area contributed by atoms with E-state index in [0.29, 0.717) is 19.8 Å². The molecule has 1 aromatic heterocycles. The first-order valence-corrected chi connectivity index (χ1v) is 4.49. The minimum absolute atomic E-state index is 0.0219. The lowest BCUT2D eigenvalue weighted by Gasteiger charge is -2.22. The van der Waals surface area contributed by atoms with E-state index < -0.39 is 0 Å². The van der Waals surface area contributed by atoms with E-state index in [2.05, 4.69) is 4.98 Å². The van der Waals surface area contributed by atoms with E-state index in [1.807, 2.05) is 25.1 Å². The van der Waals surface area contributed by atoms with Crippen LogP contribution in [0, 0.1) is 6.92 Å². The van der Waals surface area contributed by atoms with Gasteiger partial charge >= 0.3 is 0 Å². The number of pyridine rings is 1. The van der Waals surface area contributed by atoms with Gasteiger partial charge in [-0.25, -0.2) is 0 Å². The van der Waals surface area contributed by atoms with Gasteiger partial charge in [0.25, 0.3) is 0 Å². The molecule has 13 heavy (non-hydrogen) atoms. The molecule has 1 aliphatic heterocycles. The molecule has 1 atom stereocenters. The molecule has 0 aromatic carbocycles. The maximum Gasteiger partial charge on any atom is 0.123 e. The van der Waals surface area contributed by atoms with E-state index in [1.165, 1.54) is 0 Å². The molecule has 1 saturated heterocycles. The summed E-state index contributed by atoms with van der Waals surface area (Å²) in [4.78, 5) is 4.39. The third-order valence-corrected chi connectivity index (χ3v) is 2.06. The third kappa shape index (κ3) is 2.05. The number of ether oxygens (including phenoxy) is 2. The molecule has 0 aliphatic carbocycles. The molecule has 0 N–H and O–H groups in total. The van der Waals surface area contributed by atoms with Crippen molar-refractivity contribution in [1.29, 1.82) is 0 Å². The van der Waals surface area contributed by atoms with Gasteiger partial charge in [0, 0.05) is 5.69 Å². The summed E-state index contributed by atoms with van der Waals surface area (Å²) in [5.74, 6) is 0. The Hall–Kier alpha value is -0.930. The largest absolute Gasteiger partial charge is 0.376 e. The summed E-state index contributed by atoms with van der Waals surface area (Å²) in [6, 6.07) is 5.95. The second kappa shape index (κ2) is 3.85. The minimum Gasteiger partial charge on any atom is -0.376 e. The second-order valence-corrected chi connectivity index (χ2v) is 3.14. The average Bonchev–Trinajstić information content (AvgIpc) is 2.19. The number of nitrogens with zero attached hydrogens (tertiary/aromatic N) is 1. The van der Waals surface area contributed by atoms with Crippen LogP contribution in [0.1, 0.15) is 17.5 Å². The molecule has 2 heterocycles. The van der Waals surface area contributed by atoms with Crippen LogP contribution in [-0.2, 0) is 9.47 Å². The fraction of sp³-hybridized carbons (Fsp3) is 0.500. The van der Waals surface area contributed by atoms with Gasteiger partial charge in [-0.15, -0.1) is 0 Å². The van der Waals surface area contributed by atoms with Crippen LogP contribution in [0.25, 0.3) is 0 Å². The molecule has 3 heteroatoms. The summed E-state index contributed by atoms with van der Waals surface area (Å²) in [6.45, 7) is 3.96. The van der Waals surface area contributed by atoms with Gasteiger partial charge in [0.05, 0.1) is 25.5 Å². The first-order chi connectivity index (χ1) is 6.36. The maximum atomic E-state index is 5.53. The third-order valence-electron chi connectivity index (χ3n) is 2.06. The van der Waals surface area contributed by atoms with Crippen LogP contribution < -0.4 is 0 Å². The predicted molar refractivity (Wildman–Crippen MR) is 48.5 cm³/mol. The van der Waals surface area contributed by atoms with Crippen molar-refractivity contribution in [3.8, 4) is 0 Å². The average molecular weight is 179 g/mol. The molecule has 2 rings (SSSR count). The zero-order valence-electron chi connectivity index (χ0n) is 7.69. The van der Waals surface area contributed by atoms with Crippen LogP contribution in [0.2, 0.25) is 0 Å². The summed E-state index contributed by atoms with van der Waals surface area (Å²) in [5.41, 5.74) is 1.99. The molecule has 70 valence electrons. The Morgan fingerprint density at radius 1 is 1.38 bits per heavy atom. The van der Waals surface area contributed by atoms with Crippen LogP contribution in [-0.4, -0.2) is 24.8 Å². The SMILES string of the molecule is Cc1cccc(C2COCCO2)n1. The number of hydrogen-bond donors (Lipinski definition) is 0. The molecule has 0 bridgehead atoms. The van der Waals surface area contributed by atoms with Crippen LogP contribution in [0.15, 0.2) is 18.2 Å². The Kier molecular flexibility index (Phi) is 2.57. The number of aromatic nitrogens is 1. The molecule has 0 saturated carbocycles. The molecule has 1 fully saturated rings. The van der Waals surface area contributed by atoms with E-state index in [1.54, 1.807) is 0 Å². The van der Waals surface area contributed by atoms with E-state index in [9.17, 15) is 0 Å². The molecule has 1 aliphatic rings. The summed E-state index contributed by atoms with van der Waals surface area (Å²) in [6.07, 6.45) is 0.0219. The fourth-order valence-electron chi connectivity index (χ4n) is 1.40. The van der Waals surface area contributed by atoms with Crippen molar-refractivity contribution >= 4 is 0 Å². The van der Waals surface area contributed by atoms with Gasteiger partial charge in [-0.1, -0.05) is 6.07 Å². The lowest BCUT2D eigenvalue weighted by atomic mass is 10.2. The van der Waals surface area contributed by atoms with Crippen LogP contribution >= 0.6 is 0 Å². The van der Waals surface area contributed by atoms with Crippen molar-refractivity contribution in [3.63, 3.8) is 0 Å². The highest BCUT2D eigenvalue weighted by atomic mass is 16.6. The lowest BCUT2D eigenvalue weighted by Crippen LogP contribution is -2.22. The van der Waals surface area contributed by atoms with Gasteiger partial charge in [0.15, 0.2) is 0 Å². The molecular weight excluding hydrogens is 166 g/mol. The first kappa shape index (κ1) is 8.66. The Balaban J connectivity index is 2.14. The Morgan fingerprint density at radius 2 is 2.31 bits per heavy atom. The zero-order chi connectivity index (χ0) is 9.10. The number of rotatable bonds is 1. The molecule has 0 spiro atoms. The van der Waals surface area contributed by atoms with E-state index in [0.717, 1.165) is 11.4 Å². The van der Waals surface area contributed by atoms with Gasteiger partial charge in [-0.05, 0) is 19.1 Å². The Bertz CT molecular complexity index is 282. The van der Waals surface area contributed by atoms with Crippen LogP contribution in [0.5, 0.6) is 0 Å². The molecule has 1 aromatic rings. The lowest BCUT2D eigenvalue weighted by molar-refractivity contribution is -0.0918. The highest BCUT2D eigenvalue weighted by Crippen LogP contribution is 2.18. The Morgan fingerprint density at radius 3 is 3.00 bits per heavy atom.